The van der Waals surface area contributed by atoms with E-state index in [1.165, 1.54) is 0 Å². The van der Waals surface area contributed by atoms with E-state index in [2.05, 4.69) is 5.32 Å². The molecule has 0 saturated heterocycles. The Morgan fingerprint density at radius 2 is 1.83 bits per heavy atom. The van der Waals surface area contributed by atoms with Gasteiger partial charge >= 0.3 is 5.97 Å². The topological polar surface area (TPSA) is 92.4 Å². The van der Waals surface area contributed by atoms with E-state index in [1.54, 1.807) is 0 Å². The van der Waals surface area contributed by atoms with Gasteiger partial charge in [-0.05, 0) is 18.3 Å². The number of rotatable bonds is 4. The zero-order valence-electron chi connectivity index (χ0n) is 11.5. The Kier molecular flexibility index (Phi) is 4.37. The first-order valence-electron chi connectivity index (χ1n) is 6.46. The first-order valence-corrected chi connectivity index (χ1v) is 6.46. The average molecular weight is 256 g/mol. The summed E-state index contributed by atoms with van der Waals surface area (Å²) >= 11 is 0. The monoisotopic (exact) mass is 256 g/mol. The molecular weight excluding hydrogens is 232 g/mol. The predicted octanol–water partition coefficient (Wildman–Crippen LogP) is 1.12. The first kappa shape index (κ1) is 15.0. The molecule has 0 aromatic heterocycles. The predicted molar refractivity (Wildman–Crippen MR) is 69.0 cm³/mol. The van der Waals surface area contributed by atoms with Gasteiger partial charge in [-0.25, -0.2) is 0 Å². The van der Waals surface area contributed by atoms with Gasteiger partial charge in [0.05, 0.1) is 11.5 Å². The molecule has 0 spiro atoms. The number of aliphatic carboxylic acids is 1. The number of carbonyl (C=O) groups is 2. The minimum Gasteiger partial charge on any atom is -0.481 e. The number of carboxylic acids is 1. The Morgan fingerprint density at radius 1 is 1.33 bits per heavy atom. The summed E-state index contributed by atoms with van der Waals surface area (Å²) in [5, 5.41) is 12.0. The molecule has 104 valence electrons. The number of amides is 1. The Bertz CT molecular complexity index is 328. The number of carboxylic acid groups (broad SMARTS) is 1. The Labute approximate surface area is 108 Å². The van der Waals surface area contributed by atoms with Gasteiger partial charge in [0.25, 0.3) is 0 Å². The van der Waals surface area contributed by atoms with Gasteiger partial charge in [0.2, 0.25) is 5.91 Å². The second-order valence-electron chi connectivity index (χ2n) is 6.35. The third-order valence-electron chi connectivity index (χ3n) is 3.83. The van der Waals surface area contributed by atoms with Crippen molar-refractivity contribution in [3.63, 3.8) is 0 Å². The third kappa shape index (κ3) is 3.22. The first-order chi connectivity index (χ1) is 8.19. The molecule has 1 aliphatic rings. The lowest BCUT2D eigenvalue weighted by Crippen LogP contribution is -2.51. The van der Waals surface area contributed by atoms with Crippen molar-refractivity contribution in [3.05, 3.63) is 0 Å². The van der Waals surface area contributed by atoms with Crippen LogP contribution in [0.3, 0.4) is 0 Å². The van der Waals surface area contributed by atoms with Crippen molar-refractivity contribution in [2.24, 2.45) is 16.6 Å². The highest BCUT2D eigenvalue weighted by Crippen LogP contribution is 2.37. The van der Waals surface area contributed by atoms with Crippen molar-refractivity contribution in [3.8, 4) is 0 Å². The van der Waals surface area contributed by atoms with E-state index < -0.39 is 17.4 Å². The highest BCUT2D eigenvalue weighted by molar-refractivity contribution is 5.83. The molecule has 1 aliphatic carbocycles. The summed E-state index contributed by atoms with van der Waals surface area (Å²) in [5.41, 5.74) is 4.73. The summed E-state index contributed by atoms with van der Waals surface area (Å²) in [6, 6.07) is -0.621. The highest BCUT2D eigenvalue weighted by Gasteiger charge is 2.42. The van der Waals surface area contributed by atoms with Gasteiger partial charge in [0, 0.05) is 6.54 Å². The van der Waals surface area contributed by atoms with E-state index >= 15 is 0 Å². The van der Waals surface area contributed by atoms with Gasteiger partial charge in [-0.15, -0.1) is 0 Å². The largest absolute Gasteiger partial charge is 0.481 e. The number of nitrogens with two attached hydrogens (primary N) is 1. The molecule has 1 fully saturated rings. The van der Waals surface area contributed by atoms with Crippen LogP contribution in [0.25, 0.3) is 0 Å². The molecule has 4 N–H and O–H groups in total. The molecule has 5 heteroatoms. The molecule has 1 saturated carbocycles. The van der Waals surface area contributed by atoms with Gasteiger partial charge in [0.15, 0.2) is 0 Å². The lowest BCUT2D eigenvalue weighted by molar-refractivity contribution is -0.148. The summed E-state index contributed by atoms with van der Waals surface area (Å²) in [5.74, 6) is -1.08. The second kappa shape index (κ2) is 5.26. The number of carbonyl (C=O) groups excluding carboxylic acids is 1. The molecule has 0 aromatic carbocycles. The SMILES string of the molecule is CC(C)(C)[C@H](N)C(=O)NCC1(C(=O)O)CCCC1. The van der Waals surface area contributed by atoms with Crippen LogP contribution in [0.5, 0.6) is 0 Å². The minimum absolute atomic E-state index is 0.185. The molecule has 0 radical (unpaired) electrons. The van der Waals surface area contributed by atoms with Crippen LogP contribution in [0.1, 0.15) is 46.5 Å². The smallest absolute Gasteiger partial charge is 0.311 e. The quantitative estimate of drug-likeness (QED) is 0.702. The van der Waals surface area contributed by atoms with Crippen LogP contribution >= 0.6 is 0 Å². The molecule has 1 rings (SSSR count). The fraction of sp³-hybridized carbons (Fsp3) is 0.846. The lowest BCUT2D eigenvalue weighted by Gasteiger charge is -2.29. The Hall–Kier alpha value is -1.10. The van der Waals surface area contributed by atoms with Crippen LogP contribution in [0.2, 0.25) is 0 Å². The Morgan fingerprint density at radius 3 is 2.22 bits per heavy atom. The van der Waals surface area contributed by atoms with Crippen LogP contribution in [-0.2, 0) is 9.59 Å². The molecule has 18 heavy (non-hydrogen) atoms. The van der Waals surface area contributed by atoms with Gasteiger partial charge in [0.1, 0.15) is 0 Å². The number of hydrogen-bond acceptors (Lipinski definition) is 3. The van der Waals surface area contributed by atoms with Crippen molar-refractivity contribution in [2.75, 3.05) is 6.54 Å². The van der Waals surface area contributed by atoms with Crippen molar-refractivity contribution in [2.45, 2.75) is 52.5 Å². The molecule has 1 amide bonds. The maximum absolute atomic E-state index is 11.9. The van der Waals surface area contributed by atoms with E-state index in [1.807, 2.05) is 20.8 Å². The normalized spacial score (nSPS) is 20.4. The van der Waals surface area contributed by atoms with E-state index in [4.69, 9.17) is 5.73 Å². The maximum atomic E-state index is 11.9. The zero-order valence-corrected chi connectivity index (χ0v) is 11.5. The van der Waals surface area contributed by atoms with Gasteiger partial charge in [-0.2, -0.15) is 0 Å². The van der Waals surface area contributed by atoms with Gasteiger partial charge in [-0.3, -0.25) is 9.59 Å². The molecule has 0 bridgehead atoms. The maximum Gasteiger partial charge on any atom is 0.311 e. The molecule has 0 unspecified atom stereocenters. The second-order valence-corrected chi connectivity index (χ2v) is 6.35. The minimum atomic E-state index is -0.815. The fourth-order valence-corrected chi connectivity index (χ4v) is 2.28. The summed E-state index contributed by atoms with van der Waals surface area (Å²) in [7, 11) is 0. The number of nitrogens with one attached hydrogen (secondary N) is 1. The van der Waals surface area contributed by atoms with Crippen molar-refractivity contribution in [1.82, 2.24) is 5.32 Å². The molecule has 0 heterocycles. The van der Waals surface area contributed by atoms with Crippen molar-refractivity contribution >= 4 is 11.9 Å². The third-order valence-corrected chi connectivity index (χ3v) is 3.83. The Balaban J connectivity index is 2.59. The van der Waals surface area contributed by atoms with E-state index in [0.29, 0.717) is 12.8 Å². The summed E-state index contributed by atoms with van der Waals surface area (Å²) in [6.07, 6.45) is 3.09. The standard InChI is InChI=1S/C13H24N2O3/c1-12(2,3)9(14)10(16)15-8-13(11(17)18)6-4-5-7-13/h9H,4-8,14H2,1-3H3,(H,15,16)(H,17,18)/t9-/m1/s1. The lowest BCUT2D eigenvalue weighted by atomic mass is 9.84. The molecular formula is C13H24N2O3. The van der Waals surface area contributed by atoms with Crippen LogP contribution < -0.4 is 11.1 Å². The van der Waals surface area contributed by atoms with E-state index in [9.17, 15) is 14.7 Å². The van der Waals surface area contributed by atoms with Crippen molar-refractivity contribution < 1.29 is 14.7 Å². The zero-order chi connectivity index (χ0) is 14.0. The van der Waals surface area contributed by atoms with Crippen LogP contribution in [0, 0.1) is 10.8 Å². The van der Waals surface area contributed by atoms with E-state index in [0.717, 1.165) is 12.8 Å². The van der Waals surface area contributed by atoms with Gasteiger partial charge in [-0.1, -0.05) is 33.6 Å². The summed E-state index contributed by atoms with van der Waals surface area (Å²) in [4.78, 5) is 23.2. The molecule has 0 aliphatic heterocycles. The molecule has 1 atom stereocenters. The number of hydrogen-bond donors (Lipinski definition) is 3. The molecule has 5 nitrogen and oxygen atoms in total. The van der Waals surface area contributed by atoms with Crippen LogP contribution in [0.15, 0.2) is 0 Å². The van der Waals surface area contributed by atoms with Crippen LogP contribution in [0.4, 0.5) is 0 Å². The van der Waals surface area contributed by atoms with Gasteiger partial charge < -0.3 is 16.2 Å². The summed E-state index contributed by atoms with van der Waals surface area (Å²) in [6.45, 7) is 5.85. The average Bonchev–Trinajstić information content (AvgIpc) is 2.73. The summed E-state index contributed by atoms with van der Waals surface area (Å²) < 4.78 is 0. The molecule has 0 aromatic rings. The van der Waals surface area contributed by atoms with E-state index in [-0.39, 0.29) is 17.9 Å². The fourth-order valence-electron chi connectivity index (χ4n) is 2.28. The van der Waals surface area contributed by atoms with Crippen LogP contribution in [-0.4, -0.2) is 29.6 Å². The van der Waals surface area contributed by atoms with Crippen molar-refractivity contribution in [1.29, 1.82) is 0 Å². The highest BCUT2D eigenvalue weighted by atomic mass is 16.4.